The van der Waals surface area contributed by atoms with Gasteiger partial charge in [0.2, 0.25) is 0 Å². The number of hydrogen-bond donors (Lipinski definition) is 0. The van der Waals surface area contributed by atoms with Gasteiger partial charge < -0.3 is 9.64 Å². The van der Waals surface area contributed by atoms with Crippen LogP contribution in [0.15, 0.2) is 47.5 Å². The first-order valence-electron chi connectivity index (χ1n) is 8.50. The van der Waals surface area contributed by atoms with Gasteiger partial charge in [0.1, 0.15) is 16.5 Å². The fourth-order valence-corrected chi connectivity index (χ4v) is 4.19. The number of benzene rings is 1. The highest BCUT2D eigenvalue weighted by molar-refractivity contribution is 7.90. The molecule has 25 heavy (non-hydrogen) atoms. The molecule has 6 heteroatoms. The Morgan fingerprint density at radius 2 is 1.84 bits per heavy atom. The molecule has 2 heterocycles. The van der Waals surface area contributed by atoms with Gasteiger partial charge in [-0.1, -0.05) is 12.1 Å². The highest BCUT2D eigenvalue weighted by atomic mass is 32.2. The summed E-state index contributed by atoms with van der Waals surface area (Å²) >= 11 is 0. The number of anilines is 1. The fourth-order valence-electron chi connectivity index (χ4n) is 3.35. The molecule has 0 aliphatic carbocycles. The van der Waals surface area contributed by atoms with Gasteiger partial charge in [-0.3, -0.25) is 0 Å². The molecule has 1 aromatic carbocycles. The lowest BCUT2D eigenvalue weighted by molar-refractivity contribution is 0.399. The Bertz CT molecular complexity index is 811. The molecule has 1 saturated heterocycles. The van der Waals surface area contributed by atoms with E-state index in [4.69, 9.17) is 4.74 Å². The van der Waals surface area contributed by atoms with Crippen LogP contribution in [-0.4, -0.2) is 39.9 Å². The van der Waals surface area contributed by atoms with E-state index < -0.39 is 9.84 Å². The summed E-state index contributed by atoms with van der Waals surface area (Å²) in [7, 11) is -1.59. The van der Waals surface area contributed by atoms with Gasteiger partial charge in [0, 0.05) is 25.5 Å². The van der Waals surface area contributed by atoms with Gasteiger partial charge in [-0.05, 0) is 55.0 Å². The van der Waals surface area contributed by atoms with Gasteiger partial charge >= 0.3 is 0 Å². The third-order valence-electron chi connectivity index (χ3n) is 4.75. The number of ether oxygens (including phenoxy) is 1. The molecule has 5 nitrogen and oxygen atoms in total. The van der Waals surface area contributed by atoms with Crippen LogP contribution in [-0.2, 0) is 16.3 Å². The lowest BCUT2D eigenvalue weighted by Crippen LogP contribution is -2.35. The number of rotatable bonds is 5. The van der Waals surface area contributed by atoms with Crippen molar-refractivity contribution in [1.29, 1.82) is 0 Å². The molecule has 0 N–H and O–H groups in total. The lowest BCUT2D eigenvalue weighted by Gasteiger charge is -2.33. The van der Waals surface area contributed by atoms with Crippen molar-refractivity contribution in [2.24, 2.45) is 5.92 Å². The predicted octanol–water partition coefficient (Wildman–Crippen LogP) is 2.95. The summed E-state index contributed by atoms with van der Waals surface area (Å²) in [5.41, 5.74) is 1.31. The molecule has 2 aromatic rings. The maximum Gasteiger partial charge on any atom is 0.179 e. The average molecular weight is 360 g/mol. The third-order valence-corrected chi connectivity index (χ3v) is 5.87. The smallest absolute Gasteiger partial charge is 0.179 e. The lowest BCUT2D eigenvalue weighted by atomic mass is 9.90. The zero-order valence-electron chi connectivity index (χ0n) is 14.7. The molecule has 1 aliphatic rings. The Labute approximate surface area is 149 Å². The first-order chi connectivity index (χ1) is 12.0. The first kappa shape index (κ1) is 17.7. The van der Waals surface area contributed by atoms with Gasteiger partial charge in [-0.25, -0.2) is 13.4 Å². The van der Waals surface area contributed by atoms with E-state index in [9.17, 15) is 8.42 Å². The Balaban J connectivity index is 1.64. The maximum atomic E-state index is 12.0. The van der Waals surface area contributed by atoms with Crippen LogP contribution in [0.5, 0.6) is 5.75 Å². The summed E-state index contributed by atoms with van der Waals surface area (Å²) in [6.07, 6.45) is 6.01. The molecule has 0 saturated carbocycles. The second-order valence-corrected chi connectivity index (χ2v) is 8.56. The van der Waals surface area contributed by atoms with Gasteiger partial charge in [0.05, 0.1) is 7.11 Å². The minimum absolute atomic E-state index is 0.323. The number of hydrogen-bond acceptors (Lipinski definition) is 5. The molecular weight excluding hydrogens is 336 g/mol. The summed E-state index contributed by atoms with van der Waals surface area (Å²) in [6, 6.07) is 11.5. The summed E-state index contributed by atoms with van der Waals surface area (Å²) in [5, 5.41) is 0. The Kier molecular flexibility index (Phi) is 5.27. The largest absolute Gasteiger partial charge is 0.497 e. The van der Waals surface area contributed by atoms with Crippen LogP contribution in [0.2, 0.25) is 0 Å². The quantitative estimate of drug-likeness (QED) is 0.820. The molecule has 0 bridgehead atoms. The molecule has 1 aromatic heterocycles. The maximum absolute atomic E-state index is 12.0. The van der Waals surface area contributed by atoms with Gasteiger partial charge in [0.15, 0.2) is 9.84 Å². The van der Waals surface area contributed by atoms with E-state index in [1.165, 1.54) is 11.8 Å². The van der Waals surface area contributed by atoms with Crippen molar-refractivity contribution >= 4 is 15.7 Å². The molecular formula is C19H24N2O3S. The van der Waals surface area contributed by atoms with Crippen molar-refractivity contribution in [3.63, 3.8) is 0 Å². The molecule has 0 spiro atoms. The average Bonchev–Trinajstić information content (AvgIpc) is 2.62. The molecule has 134 valence electrons. The summed E-state index contributed by atoms with van der Waals surface area (Å²) in [5.74, 6) is 2.07. The molecule has 3 rings (SSSR count). The van der Waals surface area contributed by atoms with Crippen molar-refractivity contribution in [3.05, 3.63) is 48.2 Å². The van der Waals surface area contributed by atoms with Crippen LogP contribution < -0.4 is 9.64 Å². The Morgan fingerprint density at radius 3 is 2.44 bits per heavy atom. The second-order valence-electron chi connectivity index (χ2n) is 6.58. The van der Waals surface area contributed by atoms with E-state index >= 15 is 0 Å². The van der Waals surface area contributed by atoms with E-state index in [1.807, 2.05) is 12.1 Å². The van der Waals surface area contributed by atoms with Crippen molar-refractivity contribution in [2.45, 2.75) is 24.2 Å². The van der Waals surface area contributed by atoms with Crippen molar-refractivity contribution in [2.75, 3.05) is 31.4 Å². The van der Waals surface area contributed by atoms with Gasteiger partial charge in [-0.2, -0.15) is 0 Å². The van der Waals surface area contributed by atoms with E-state index in [0.29, 0.717) is 16.6 Å². The van der Waals surface area contributed by atoms with Crippen molar-refractivity contribution in [1.82, 2.24) is 4.98 Å². The highest BCUT2D eigenvalue weighted by Crippen LogP contribution is 2.29. The van der Waals surface area contributed by atoms with Crippen LogP contribution in [0.1, 0.15) is 18.4 Å². The summed E-state index contributed by atoms with van der Waals surface area (Å²) in [4.78, 5) is 6.75. The number of nitrogens with zero attached hydrogens (tertiary/aromatic N) is 2. The second kappa shape index (κ2) is 7.44. The monoisotopic (exact) mass is 360 g/mol. The van der Waals surface area contributed by atoms with E-state index in [-0.39, 0.29) is 0 Å². The standard InChI is InChI=1S/C19H24N2O3S/c1-24-17-7-5-15(6-8-17)14-16-9-12-21(13-10-16)19-18(25(2,22)23)4-3-11-20-19/h3-8,11,16H,9-10,12-14H2,1-2H3. The van der Waals surface area contributed by atoms with E-state index in [0.717, 1.165) is 38.1 Å². The summed E-state index contributed by atoms with van der Waals surface area (Å²) < 4.78 is 29.2. The topological polar surface area (TPSA) is 59.5 Å². The fraction of sp³-hybridized carbons (Fsp3) is 0.421. The number of pyridine rings is 1. The molecule has 1 aliphatic heterocycles. The number of piperidine rings is 1. The van der Waals surface area contributed by atoms with Crippen LogP contribution in [0, 0.1) is 5.92 Å². The van der Waals surface area contributed by atoms with Crippen molar-refractivity contribution in [3.8, 4) is 5.75 Å². The highest BCUT2D eigenvalue weighted by Gasteiger charge is 2.24. The van der Waals surface area contributed by atoms with Crippen molar-refractivity contribution < 1.29 is 13.2 Å². The van der Waals surface area contributed by atoms with E-state index in [1.54, 1.807) is 25.4 Å². The molecule has 1 fully saturated rings. The van der Waals surface area contributed by atoms with E-state index in [2.05, 4.69) is 22.0 Å². The number of methoxy groups -OCH3 is 1. The van der Waals surface area contributed by atoms with Crippen LogP contribution >= 0.6 is 0 Å². The Morgan fingerprint density at radius 1 is 1.16 bits per heavy atom. The summed E-state index contributed by atoms with van der Waals surface area (Å²) in [6.45, 7) is 1.67. The zero-order valence-corrected chi connectivity index (χ0v) is 15.5. The zero-order chi connectivity index (χ0) is 17.9. The minimum Gasteiger partial charge on any atom is -0.497 e. The molecule has 0 unspecified atom stereocenters. The van der Waals surface area contributed by atoms with Crippen LogP contribution in [0.4, 0.5) is 5.82 Å². The normalized spacial score (nSPS) is 16.0. The predicted molar refractivity (Wildman–Crippen MR) is 99.0 cm³/mol. The van der Waals surface area contributed by atoms with Gasteiger partial charge in [-0.15, -0.1) is 0 Å². The van der Waals surface area contributed by atoms with Gasteiger partial charge in [0.25, 0.3) is 0 Å². The first-order valence-corrected chi connectivity index (χ1v) is 10.4. The minimum atomic E-state index is -3.27. The molecule has 0 amide bonds. The van der Waals surface area contributed by atoms with Crippen LogP contribution in [0.3, 0.4) is 0 Å². The number of aromatic nitrogens is 1. The Hall–Kier alpha value is -2.08. The molecule has 0 radical (unpaired) electrons. The molecule has 0 atom stereocenters. The number of sulfone groups is 1. The third kappa shape index (κ3) is 4.31. The van der Waals surface area contributed by atoms with Crippen LogP contribution in [0.25, 0.3) is 0 Å². The SMILES string of the molecule is COc1ccc(CC2CCN(c3ncccc3S(C)(=O)=O)CC2)cc1.